The molecule has 4 aliphatic rings. The van der Waals surface area contributed by atoms with Gasteiger partial charge < -0.3 is 23.7 Å². The first-order valence-corrected chi connectivity index (χ1v) is 25.5. The molecule has 0 amide bonds. The first-order valence-electron chi connectivity index (χ1n) is 25.5. The summed E-state index contributed by atoms with van der Waals surface area (Å²) in [6.45, 7) is 37.6. The van der Waals surface area contributed by atoms with Crippen LogP contribution in [-0.2, 0) is 58.9 Å². The smallest absolute Gasteiger partial charge is 0.333 e. The zero-order chi connectivity index (χ0) is 53.5. The van der Waals surface area contributed by atoms with Crippen LogP contribution in [0, 0.1) is 0 Å². The van der Waals surface area contributed by atoms with E-state index < -0.39 is 22.4 Å². The van der Waals surface area contributed by atoms with Crippen molar-refractivity contribution < 1.29 is 47.7 Å². The van der Waals surface area contributed by atoms with Crippen molar-refractivity contribution in [2.24, 2.45) is 0 Å². The van der Waals surface area contributed by atoms with Crippen molar-refractivity contribution in [3.63, 3.8) is 0 Å². The summed E-state index contributed by atoms with van der Waals surface area (Å²) in [4.78, 5) is 57.1. The number of ether oxygens (including phenoxy) is 5. The predicted molar refractivity (Wildman–Crippen MR) is 285 cm³/mol. The van der Waals surface area contributed by atoms with Gasteiger partial charge in [-0.15, -0.1) is 0 Å². The molecule has 0 bridgehead atoms. The highest BCUT2D eigenvalue weighted by Gasteiger charge is 2.40. The lowest BCUT2D eigenvalue weighted by Crippen LogP contribution is -2.34. The first kappa shape index (κ1) is 61.3. The molecule has 0 saturated heterocycles. The van der Waals surface area contributed by atoms with Gasteiger partial charge in [-0.1, -0.05) is 113 Å². The van der Waals surface area contributed by atoms with E-state index in [0.29, 0.717) is 27.9 Å². The molecule has 0 N–H and O–H groups in total. The molecule has 0 atom stereocenters. The molecule has 0 aromatic heterocycles. The lowest BCUT2D eigenvalue weighted by Gasteiger charge is -2.37. The molecule has 0 radical (unpaired) electrons. The maximum atomic E-state index is 11.9. The Morgan fingerprint density at radius 2 is 0.775 bits per heavy atom. The second-order valence-corrected chi connectivity index (χ2v) is 20.7. The number of hydrogen-bond acceptors (Lipinski definition) is 10. The molecule has 4 aliphatic carbocycles. The molecule has 4 saturated carbocycles. The van der Waals surface area contributed by atoms with Crippen LogP contribution in [0.1, 0.15) is 189 Å². The van der Waals surface area contributed by atoms with Gasteiger partial charge in [-0.05, 0) is 182 Å². The zero-order valence-corrected chi connectivity index (χ0v) is 44.9. The van der Waals surface area contributed by atoms with Crippen molar-refractivity contribution in [3.8, 4) is 0 Å². The summed E-state index contributed by atoms with van der Waals surface area (Å²) in [6, 6.07) is 20.1. The molecule has 0 spiro atoms. The van der Waals surface area contributed by atoms with Gasteiger partial charge in [0.25, 0.3) is 0 Å². The Morgan fingerprint density at radius 3 is 1.08 bits per heavy atom. The molecule has 10 heteroatoms. The van der Waals surface area contributed by atoms with E-state index in [1.165, 1.54) is 19.3 Å². The molecule has 6 rings (SSSR count). The van der Waals surface area contributed by atoms with Crippen molar-refractivity contribution in [2.75, 3.05) is 0 Å². The van der Waals surface area contributed by atoms with Crippen LogP contribution in [0.15, 0.2) is 134 Å². The average Bonchev–Trinajstić information content (AvgIpc) is 4.13. The molecular weight excluding hydrogens is 893 g/mol. The van der Waals surface area contributed by atoms with Gasteiger partial charge in [-0.25, -0.2) is 24.0 Å². The Kier molecular flexibility index (Phi) is 25.0. The maximum absolute atomic E-state index is 11.9. The third-order valence-corrected chi connectivity index (χ3v) is 13.0. The highest BCUT2D eigenvalue weighted by Crippen LogP contribution is 2.43. The lowest BCUT2D eigenvalue weighted by atomic mass is 9.79. The molecule has 0 unspecified atom stereocenters. The summed E-state index contributed by atoms with van der Waals surface area (Å²) >= 11 is 0. The fraction of sp³-hybridized carbons (Fsp3) is 0.525. The Labute approximate surface area is 427 Å². The average molecular weight is 979 g/mol. The topological polar surface area (TPSA) is 132 Å². The fourth-order valence-electron chi connectivity index (χ4n) is 8.77. The highest BCUT2D eigenvalue weighted by molar-refractivity contribution is 5.89. The molecule has 2 aromatic rings. The summed E-state index contributed by atoms with van der Waals surface area (Å²) in [6.07, 6.45) is 20.4. The molecule has 71 heavy (non-hydrogen) atoms. The van der Waals surface area contributed by atoms with Gasteiger partial charge in [0.15, 0.2) is 0 Å². The van der Waals surface area contributed by atoms with Crippen molar-refractivity contribution in [1.29, 1.82) is 0 Å². The Hall–Kier alpha value is -5.77. The molecule has 0 aliphatic heterocycles. The van der Waals surface area contributed by atoms with Crippen LogP contribution in [0.2, 0.25) is 0 Å². The van der Waals surface area contributed by atoms with Crippen LogP contribution >= 0.6 is 0 Å². The van der Waals surface area contributed by atoms with Crippen molar-refractivity contribution >= 4 is 29.8 Å². The quantitative estimate of drug-likeness (QED) is 0.0827. The van der Waals surface area contributed by atoms with Crippen LogP contribution in [0.25, 0.3) is 0 Å². The van der Waals surface area contributed by atoms with Gasteiger partial charge in [0.05, 0.1) is 0 Å². The highest BCUT2D eigenvalue weighted by atomic mass is 16.6. The number of carbonyl (C=O) groups is 5. The minimum absolute atomic E-state index is 0.171. The van der Waals surface area contributed by atoms with E-state index in [1.807, 2.05) is 69.3 Å². The van der Waals surface area contributed by atoms with Gasteiger partial charge in [-0.3, -0.25) is 0 Å². The van der Waals surface area contributed by atoms with Crippen molar-refractivity contribution in [1.82, 2.24) is 0 Å². The van der Waals surface area contributed by atoms with Crippen LogP contribution < -0.4 is 0 Å². The molecule has 390 valence electrons. The Bertz CT molecular complexity index is 2130. The van der Waals surface area contributed by atoms with Gasteiger partial charge in [0.2, 0.25) is 0 Å². The molecule has 0 heterocycles. The summed E-state index contributed by atoms with van der Waals surface area (Å²) in [5.74, 6) is -1.42. The van der Waals surface area contributed by atoms with Crippen LogP contribution in [0.3, 0.4) is 0 Å². The minimum atomic E-state index is -0.435. The molecule has 4 fully saturated rings. The number of esters is 5. The summed E-state index contributed by atoms with van der Waals surface area (Å²) in [7, 11) is 0. The number of hydrogen-bond donors (Lipinski definition) is 0. The monoisotopic (exact) mass is 979 g/mol. The summed E-state index contributed by atoms with van der Waals surface area (Å²) in [5, 5.41) is 0. The molecule has 10 nitrogen and oxygen atoms in total. The van der Waals surface area contributed by atoms with E-state index in [2.05, 4.69) is 58.5 Å². The Morgan fingerprint density at radius 1 is 0.465 bits per heavy atom. The predicted octanol–water partition coefficient (Wildman–Crippen LogP) is 14.9. The van der Waals surface area contributed by atoms with Crippen molar-refractivity contribution in [3.05, 3.63) is 145 Å². The van der Waals surface area contributed by atoms with E-state index in [-0.39, 0.29) is 35.4 Å². The van der Waals surface area contributed by atoms with Gasteiger partial charge in [0.1, 0.15) is 28.0 Å². The molecule has 2 aromatic carbocycles. The van der Waals surface area contributed by atoms with E-state index in [4.69, 9.17) is 23.7 Å². The summed E-state index contributed by atoms with van der Waals surface area (Å²) in [5.41, 5.74) is 2.70. The third-order valence-electron chi connectivity index (χ3n) is 13.0. The standard InChI is InChI=1S/C16H20O2.C15H18O2.C11H18O2.C11H16O2.C8H14O2/c1-13(2)15(17)18-16(11-7-4-8-12-16)14-9-5-3-6-10-14;1-12(2)14(16)17-15(10-6-7-11-15)13-8-4-3-5-9-13;2*1-4-11(7-5-6-8-11)13-10(12)9(2)3;1-6(2)7(9)10-8(3,4)5/h3,5-6,9-10H,1,4,7-8,11-12H2,2H3;3-5,8-9H,1,6-7,10-11H2,2H3;2,4-8H2,1,3H3;4H,1-2,5-8H2,3H3;1H2,2-5H3. The minimum Gasteiger partial charge on any atom is -0.457 e. The van der Waals surface area contributed by atoms with Crippen LogP contribution in [-0.4, -0.2) is 46.6 Å². The van der Waals surface area contributed by atoms with Crippen molar-refractivity contribution in [2.45, 2.75) is 206 Å². The zero-order valence-electron chi connectivity index (χ0n) is 44.9. The van der Waals surface area contributed by atoms with E-state index in [1.54, 1.807) is 40.7 Å². The maximum Gasteiger partial charge on any atom is 0.333 e. The lowest BCUT2D eigenvalue weighted by molar-refractivity contribution is -0.160. The SMILES string of the molecule is C=C(C)C(=O)OC(C)(C)C.C=C(C)C(=O)OC1(CC)CCCC1.C=C(C)C(=O)OC1(c2ccccc2)CCCC1.C=C(C)C(=O)OC1(c2ccccc2)CCCCC1.C=CC1(OC(=O)C(=C)C)CCCC1. The van der Waals surface area contributed by atoms with Gasteiger partial charge in [0, 0.05) is 27.9 Å². The second-order valence-electron chi connectivity index (χ2n) is 20.7. The number of benzene rings is 2. The third kappa shape index (κ3) is 20.5. The second kappa shape index (κ2) is 28.9. The van der Waals surface area contributed by atoms with Gasteiger partial charge in [-0.2, -0.15) is 0 Å². The van der Waals surface area contributed by atoms with Crippen LogP contribution in [0.5, 0.6) is 0 Å². The van der Waals surface area contributed by atoms with Crippen LogP contribution in [0.4, 0.5) is 0 Å². The van der Waals surface area contributed by atoms with E-state index in [0.717, 1.165) is 107 Å². The Balaban J connectivity index is 0.000000309. The largest absolute Gasteiger partial charge is 0.457 e. The van der Waals surface area contributed by atoms with E-state index >= 15 is 0 Å². The first-order chi connectivity index (χ1) is 33.3. The fourth-order valence-corrected chi connectivity index (χ4v) is 8.77. The summed E-state index contributed by atoms with van der Waals surface area (Å²) < 4.78 is 27.3. The van der Waals surface area contributed by atoms with E-state index in [9.17, 15) is 24.0 Å². The normalized spacial score (nSPS) is 17.5. The number of carbonyl (C=O) groups excluding carboxylic acids is 5. The van der Waals surface area contributed by atoms with Gasteiger partial charge >= 0.3 is 29.8 Å². The molecular formula is C61H86O10. The number of rotatable bonds is 13.